The third-order valence-corrected chi connectivity index (χ3v) is 4.77. The van der Waals surface area contributed by atoms with Crippen molar-refractivity contribution in [3.05, 3.63) is 42.1 Å². The molecular formula is C19H27N5O. The number of anilines is 2. The fourth-order valence-corrected chi connectivity index (χ4v) is 3.28. The maximum absolute atomic E-state index is 5.48. The number of hydrogen-bond donors (Lipinski definition) is 0. The maximum atomic E-state index is 5.48. The van der Waals surface area contributed by atoms with E-state index >= 15 is 0 Å². The monoisotopic (exact) mass is 341 g/mol. The Morgan fingerprint density at radius 3 is 2.76 bits per heavy atom. The fourth-order valence-electron chi connectivity index (χ4n) is 3.28. The second-order valence-corrected chi connectivity index (χ2v) is 6.71. The lowest BCUT2D eigenvalue weighted by Gasteiger charge is -2.26. The number of hydrogen-bond acceptors (Lipinski definition) is 6. The van der Waals surface area contributed by atoms with Crippen LogP contribution >= 0.6 is 0 Å². The third kappa shape index (κ3) is 4.02. The molecule has 0 amide bonds. The number of para-hydroxylation sites is 1. The second kappa shape index (κ2) is 7.70. The minimum Gasteiger partial charge on any atom is -0.496 e. The van der Waals surface area contributed by atoms with Crippen LogP contribution in [0.2, 0.25) is 0 Å². The van der Waals surface area contributed by atoms with Gasteiger partial charge in [0.25, 0.3) is 0 Å². The summed E-state index contributed by atoms with van der Waals surface area (Å²) < 4.78 is 5.48. The molecule has 1 saturated heterocycles. The number of benzene rings is 1. The van der Waals surface area contributed by atoms with E-state index in [1.54, 1.807) is 7.11 Å². The largest absolute Gasteiger partial charge is 0.496 e. The van der Waals surface area contributed by atoms with Crippen molar-refractivity contribution >= 4 is 11.8 Å². The molecule has 1 aliphatic heterocycles. The van der Waals surface area contributed by atoms with E-state index in [2.05, 4.69) is 38.9 Å². The topological polar surface area (TPSA) is 44.7 Å². The molecule has 1 aromatic carbocycles. The molecule has 1 aliphatic rings. The molecule has 0 bridgehead atoms. The number of nitrogens with zero attached hydrogens (tertiary/aromatic N) is 5. The Labute approximate surface area is 150 Å². The summed E-state index contributed by atoms with van der Waals surface area (Å²) in [7, 11) is 7.78. The van der Waals surface area contributed by atoms with Gasteiger partial charge >= 0.3 is 0 Å². The summed E-state index contributed by atoms with van der Waals surface area (Å²) in [5.74, 6) is 2.68. The molecule has 3 rings (SSSR count). The first-order chi connectivity index (χ1) is 12.1. The number of aromatic nitrogens is 2. The first-order valence-corrected chi connectivity index (χ1v) is 8.66. The van der Waals surface area contributed by atoms with Crippen molar-refractivity contribution in [1.29, 1.82) is 0 Å². The van der Waals surface area contributed by atoms with Gasteiger partial charge in [-0.05, 0) is 18.6 Å². The van der Waals surface area contributed by atoms with Gasteiger partial charge in [-0.15, -0.1) is 0 Å². The van der Waals surface area contributed by atoms with E-state index in [9.17, 15) is 0 Å². The van der Waals surface area contributed by atoms with Gasteiger partial charge in [0.05, 0.1) is 7.11 Å². The molecule has 0 N–H and O–H groups in total. The van der Waals surface area contributed by atoms with Gasteiger partial charge < -0.3 is 14.5 Å². The van der Waals surface area contributed by atoms with Crippen LogP contribution in [0.1, 0.15) is 12.0 Å². The molecule has 0 spiro atoms. The van der Waals surface area contributed by atoms with E-state index in [1.807, 2.05) is 43.4 Å². The predicted molar refractivity (Wildman–Crippen MR) is 101 cm³/mol. The first-order valence-electron chi connectivity index (χ1n) is 8.66. The fraction of sp³-hybridized carbons (Fsp3) is 0.474. The predicted octanol–water partition coefficient (Wildman–Crippen LogP) is 2.26. The van der Waals surface area contributed by atoms with Gasteiger partial charge in [-0.2, -0.15) is 4.98 Å². The summed E-state index contributed by atoms with van der Waals surface area (Å²) in [4.78, 5) is 15.6. The minimum atomic E-state index is 0.458. The summed E-state index contributed by atoms with van der Waals surface area (Å²) in [6.45, 7) is 3.02. The molecule has 1 unspecified atom stereocenters. The molecule has 0 aliphatic carbocycles. The molecule has 134 valence electrons. The highest BCUT2D eigenvalue weighted by Gasteiger charge is 2.27. The molecule has 6 nitrogen and oxygen atoms in total. The van der Waals surface area contributed by atoms with Gasteiger partial charge in [0.1, 0.15) is 11.6 Å². The van der Waals surface area contributed by atoms with Gasteiger partial charge in [-0.3, -0.25) is 4.90 Å². The summed E-state index contributed by atoms with van der Waals surface area (Å²) in [6, 6.07) is 10.7. The quantitative estimate of drug-likeness (QED) is 0.803. The van der Waals surface area contributed by atoms with Crippen molar-refractivity contribution in [3.8, 4) is 5.75 Å². The molecule has 0 saturated carbocycles. The Morgan fingerprint density at radius 1 is 1.20 bits per heavy atom. The van der Waals surface area contributed by atoms with Gasteiger partial charge in [0, 0.05) is 58.6 Å². The van der Waals surface area contributed by atoms with Crippen LogP contribution in [-0.2, 0) is 6.54 Å². The zero-order valence-corrected chi connectivity index (χ0v) is 15.5. The van der Waals surface area contributed by atoms with Crippen molar-refractivity contribution in [2.24, 2.45) is 0 Å². The highest BCUT2D eigenvalue weighted by atomic mass is 16.5. The Kier molecular flexibility index (Phi) is 5.38. The molecular weight excluding hydrogens is 314 g/mol. The Morgan fingerprint density at radius 2 is 2.00 bits per heavy atom. The highest BCUT2D eigenvalue weighted by Crippen LogP contribution is 2.25. The minimum absolute atomic E-state index is 0.458. The molecule has 1 fully saturated rings. The van der Waals surface area contributed by atoms with Crippen molar-refractivity contribution in [1.82, 2.24) is 14.9 Å². The van der Waals surface area contributed by atoms with Crippen molar-refractivity contribution < 1.29 is 4.74 Å². The van der Waals surface area contributed by atoms with Crippen LogP contribution in [0.15, 0.2) is 36.5 Å². The summed E-state index contributed by atoms with van der Waals surface area (Å²) in [5.41, 5.74) is 1.24. The van der Waals surface area contributed by atoms with Crippen LogP contribution in [0.25, 0.3) is 0 Å². The van der Waals surface area contributed by atoms with E-state index in [-0.39, 0.29) is 0 Å². The van der Waals surface area contributed by atoms with Crippen molar-refractivity contribution in [3.63, 3.8) is 0 Å². The summed E-state index contributed by atoms with van der Waals surface area (Å²) >= 11 is 0. The standard InChI is InChI=1S/C19H27N5O/c1-22(2)19-20-11-9-18(21-19)23(3)16-10-12-24(14-16)13-15-7-5-6-8-17(15)25-4/h5-9,11,16H,10,12-14H2,1-4H3. The lowest BCUT2D eigenvalue weighted by Crippen LogP contribution is -2.35. The van der Waals surface area contributed by atoms with Crippen LogP contribution in [-0.4, -0.2) is 62.3 Å². The van der Waals surface area contributed by atoms with E-state index in [0.29, 0.717) is 6.04 Å². The maximum Gasteiger partial charge on any atom is 0.226 e. The molecule has 2 heterocycles. The van der Waals surface area contributed by atoms with Gasteiger partial charge in [0.2, 0.25) is 5.95 Å². The molecule has 2 aromatic rings. The number of rotatable bonds is 6. The van der Waals surface area contributed by atoms with Gasteiger partial charge in [0.15, 0.2) is 0 Å². The van der Waals surface area contributed by atoms with Crippen molar-refractivity contribution in [2.75, 3.05) is 51.1 Å². The number of methoxy groups -OCH3 is 1. The molecule has 6 heteroatoms. The normalized spacial score (nSPS) is 17.5. The smallest absolute Gasteiger partial charge is 0.226 e. The molecule has 1 aromatic heterocycles. The van der Waals surface area contributed by atoms with E-state index in [0.717, 1.165) is 43.6 Å². The van der Waals surface area contributed by atoms with Crippen LogP contribution in [0.4, 0.5) is 11.8 Å². The SMILES string of the molecule is COc1ccccc1CN1CCC(N(C)c2ccnc(N(C)C)n2)C1. The summed E-state index contributed by atoms with van der Waals surface area (Å²) in [6.07, 6.45) is 2.96. The van der Waals surface area contributed by atoms with Crippen LogP contribution < -0.4 is 14.5 Å². The average Bonchev–Trinajstić information content (AvgIpc) is 3.10. The van der Waals surface area contributed by atoms with Crippen LogP contribution in [0.5, 0.6) is 5.75 Å². The average molecular weight is 341 g/mol. The second-order valence-electron chi connectivity index (χ2n) is 6.71. The lowest BCUT2D eigenvalue weighted by molar-refractivity contribution is 0.316. The molecule has 25 heavy (non-hydrogen) atoms. The van der Waals surface area contributed by atoms with E-state index in [1.165, 1.54) is 5.56 Å². The Bertz CT molecular complexity index is 706. The van der Waals surface area contributed by atoms with Gasteiger partial charge in [-0.1, -0.05) is 18.2 Å². The number of ether oxygens (including phenoxy) is 1. The van der Waals surface area contributed by atoms with E-state index < -0.39 is 0 Å². The lowest BCUT2D eigenvalue weighted by atomic mass is 10.2. The number of likely N-dealkylation sites (tertiary alicyclic amines) is 1. The number of likely N-dealkylation sites (N-methyl/N-ethyl adjacent to an activating group) is 1. The van der Waals surface area contributed by atoms with Gasteiger partial charge in [-0.25, -0.2) is 4.98 Å². The summed E-state index contributed by atoms with van der Waals surface area (Å²) in [5, 5.41) is 0. The van der Waals surface area contributed by atoms with Crippen molar-refractivity contribution in [2.45, 2.75) is 19.0 Å². The van der Waals surface area contributed by atoms with E-state index in [4.69, 9.17) is 4.74 Å². The Balaban J connectivity index is 1.65. The zero-order chi connectivity index (χ0) is 17.8. The molecule has 0 radical (unpaired) electrons. The first kappa shape index (κ1) is 17.5. The Hall–Kier alpha value is -2.34. The van der Waals surface area contributed by atoms with Crippen LogP contribution in [0, 0.1) is 0 Å². The zero-order valence-electron chi connectivity index (χ0n) is 15.5. The van der Waals surface area contributed by atoms with Crippen LogP contribution in [0.3, 0.4) is 0 Å². The third-order valence-electron chi connectivity index (χ3n) is 4.77. The molecule has 1 atom stereocenters. The highest BCUT2D eigenvalue weighted by molar-refractivity contribution is 5.43.